The number of benzene rings is 2. The predicted molar refractivity (Wildman–Crippen MR) is 260 cm³/mol. The molecule has 2 aromatic carbocycles. The van der Waals surface area contributed by atoms with Gasteiger partial charge in [-0.05, 0) is 92.3 Å². The number of terminal acetylenes is 1. The fraction of sp³-hybridized carbons (Fsp3) is 0.566. The molecule has 360 valence electrons. The Bertz CT molecular complexity index is 2550. The number of carbonyl (C=O) groups excluding carboxylic acids is 3. The number of H-pyrrole nitrogens is 1. The van der Waals surface area contributed by atoms with Gasteiger partial charge in [-0.15, -0.1) is 16.6 Å². The monoisotopic (exact) mass is 925 g/mol. The van der Waals surface area contributed by atoms with Gasteiger partial charge in [0.15, 0.2) is 5.65 Å². The number of nitrogens with one attached hydrogen (secondary N) is 3. The summed E-state index contributed by atoms with van der Waals surface area (Å²) in [7, 11) is 0. The summed E-state index contributed by atoms with van der Waals surface area (Å²) in [5.41, 5.74) is 5.93. The van der Waals surface area contributed by atoms with Crippen LogP contribution in [0.15, 0.2) is 54.6 Å². The van der Waals surface area contributed by atoms with Gasteiger partial charge in [-0.2, -0.15) is 0 Å². The van der Waals surface area contributed by atoms with Gasteiger partial charge >= 0.3 is 6.03 Å². The minimum Gasteiger partial charge on any atom is -0.507 e. The first-order valence-electron chi connectivity index (χ1n) is 24.9. The third-order valence-electron chi connectivity index (χ3n) is 16.4. The summed E-state index contributed by atoms with van der Waals surface area (Å²) in [5.74, 6) is 2.11. The van der Waals surface area contributed by atoms with Crippen molar-refractivity contribution in [3.8, 4) is 29.4 Å². The molecule has 15 heteroatoms. The van der Waals surface area contributed by atoms with E-state index in [0.717, 1.165) is 74.1 Å². The van der Waals surface area contributed by atoms with Crippen LogP contribution in [0.1, 0.15) is 101 Å². The number of aromatic nitrogens is 3. The van der Waals surface area contributed by atoms with E-state index in [0.29, 0.717) is 42.5 Å². The van der Waals surface area contributed by atoms with Crippen LogP contribution in [0.25, 0.3) is 22.3 Å². The summed E-state index contributed by atoms with van der Waals surface area (Å²) < 4.78 is 0. The zero-order valence-corrected chi connectivity index (χ0v) is 40.1. The number of amides is 4. The van der Waals surface area contributed by atoms with E-state index in [2.05, 4.69) is 59.4 Å². The Morgan fingerprint density at radius 1 is 0.926 bits per heavy atom. The van der Waals surface area contributed by atoms with E-state index in [4.69, 9.17) is 6.42 Å². The molecule has 6 aliphatic rings. The van der Waals surface area contributed by atoms with Crippen molar-refractivity contribution >= 4 is 28.9 Å². The van der Waals surface area contributed by atoms with Gasteiger partial charge in [0.05, 0.1) is 11.8 Å². The third kappa shape index (κ3) is 8.96. The second-order valence-electron chi connectivity index (χ2n) is 21.8. The molecular formula is C53H68N10O5. The fourth-order valence-corrected chi connectivity index (χ4v) is 12.6. The van der Waals surface area contributed by atoms with Crippen LogP contribution in [0, 0.1) is 23.2 Å². The van der Waals surface area contributed by atoms with Crippen molar-refractivity contribution < 1.29 is 24.6 Å². The first-order chi connectivity index (χ1) is 32.7. The lowest BCUT2D eigenvalue weighted by Crippen LogP contribution is -2.71. The number of phenolic OH excluding ortho intramolecular Hbond substituents is 1. The van der Waals surface area contributed by atoms with Crippen molar-refractivity contribution in [3.05, 3.63) is 77.0 Å². The fourth-order valence-electron chi connectivity index (χ4n) is 12.6. The number of aliphatic hydroxyl groups is 1. The number of piperazine rings is 1. The van der Waals surface area contributed by atoms with E-state index in [1.165, 1.54) is 41.8 Å². The number of hydrogen-bond donors (Lipinski definition) is 5. The molecule has 4 atom stereocenters. The van der Waals surface area contributed by atoms with E-state index >= 15 is 0 Å². The van der Waals surface area contributed by atoms with Crippen molar-refractivity contribution in [2.24, 2.45) is 10.8 Å². The van der Waals surface area contributed by atoms with Crippen molar-refractivity contribution in [3.63, 3.8) is 0 Å². The standard InChI is InChI=1S/C53H68N10O5/c1-6-34-11-13-35(14-12-34)29-54-49(66)44-25-39(64)30-63(44)50(67)47(52(3,4)5)56-51(68)61-31-53(32-61)27-38(28-53)60-23-21-59(22-24-60)36-15-17-37(18-16-36)62-20-19-42-46(33(62)2)41-26-43(57-58-48(41)55-42)40-9-7-8-10-45(40)65/h1,7-14,26,33,36-39,44,47,64-65H,15-25,27-32H2,2-5H3,(H,54,66)(H,55,58)(H,56,68)/t33-,36?,37?,39-,44+,47-/m1/s1. The molecule has 4 amide bonds. The van der Waals surface area contributed by atoms with Gasteiger partial charge in [-0.25, -0.2) is 4.79 Å². The van der Waals surface area contributed by atoms with E-state index in [1.54, 1.807) is 6.07 Å². The molecule has 4 aliphatic heterocycles. The molecule has 5 N–H and O–H groups in total. The summed E-state index contributed by atoms with van der Waals surface area (Å²) in [6, 6.07) is 16.8. The molecule has 15 nitrogen and oxygen atoms in total. The summed E-state index contributed by atoms with van der Waals surface area (Å²) >= 11 is 0. The first-order valence-corrected chi connectivity index (χ1v) is 24.9. The van der Waals surface area contributed by atoms with Gasteiger partial charge < -0.3 is 35.6 Å². The van der Waals surface area contributed by atoms with E-state index in [-0.39, 0.29) is 54.6 Å². The van der Waals surface area contributed by atoms with Gasteiger partial charge in [0.2, 0.25) is 11.8 Å². The number of nitrogens with zero attached hydrogens (tertiary/aromatic N) is 7. The number of urea groups is 1. The molecule has 68 heavy (non-hydrogen) atoms. The van der Waals surface area contributed by atoms with E-state index in [9.17, 15) is 24.6 Å². The number of β-amino-alcohol motifs (C(OH)–C–C–N with tert-alkyl or cyclic N) is 1. The molecular weight excluding hydrogens is 857 g/mol. The SMILES string of the molecule is C#Cc1ccc(CNC(=O)[C@@H]2C[C@@H](O)CN2C(=O)[C@@H](NC(=O)N2CC3(CC(N4CCN(C5CCC(N6CCc7[nH]c8nnc(-c9ccccc9O)cc8c7[C@H]6C)CC5)CC4)C3)C2)C(C)(C)C)cc1. The molecule has 2 saturated carbocycles. The topological polar surface area (TPSA) is 173 Å². The lowest BCUT2D eigenvalue weighted by Gasteiger charge is -2.61. The van der Waals surface area contributed by atoms with Crippen molar-refractivity contribution in [2.45, 2.75) is 128 Å². The van der Waals surface area contributed by atoms with Crippen LogP contribution in [0.5, 0.6) is 5.75 Å². The quantitative estimate of drug-likeness (QED) is 0.144. The smallest absolute Gasteiger partial charge is 0.318 e. The highest BCUT2D eigenvalue weighted by molar-refractivity contribution is 5.93. The number of carbonyl (C=O) groups is 3. The highest BCUT2D eigenvalue weighted by Gasteiger charge is 2.56. The van der Waals surface area contributed by atoms with Crippen LogP contribution in [0.2, 0.25) is 0 Å². The molecule has 0 bridgehead atoms. The molecule has 2 aliphatic carbocycles. The van der Waals surface area contributed by atoms with Crippen molar-refractivity contribution in [2.75, 3.05) is 52.4 Å². The van der Waals surface area contributed by atoms with Crippen molar-refractivity contribution in [1.82, 2.24) is 50.3 Å². The molecule has 0 radical (unpaired) electrons. The highest BCUT2D eigenvalue weighted by Crippen LogP contribution is 2.51. The Labute approximate surface area is 400 Å². The largest absolute Gasteiger partial charge is 0.507 e. The van der Waals surface area contributed by atoms with Crippen LogP contribution in [-0.4, -0.2) is 156 Å². The van der Waals surface area contributed by atoms with Gasteiger partial charge in [0.25, 0.3) is 0 Å². The van der Waals surface area contributed by atoms with Gasteiger partial charge in [-0.3, -0.25) is 24.3 Å². The zero-order valence-electron chi connectivity index (χ0n) is 40.1. The summed E-state index contributed by atoms with van der Waals surface area (Å²) in [6.07, 6.45) is 12.8. The van der Waals surface area contributed by atoms with E-state index in [1.807, 2.05) is 68.1 Å². The molecule has 6 heterocycles. The van der Waals surface area contributed by atoms with E-state index < -0.39 is 23.6 Å². The number of aromatic hydroxyl groups is 1. The Hall–Kier alpha value is -5.53. The molecule has 10 rings (SSSR count). The number of phenols is 1. The van der Waals surface area contributed by atoms with Crippen LogP contribution in [0.3, 0.4) is 0 Å². The average Bonchev–Trinajstić information content (AvgIpc) is 3.90. The lowest BCUT2D eigenvalue weighted by atomic mass is 9.60. The van der Waals surface area contributed by atoms with Crippen molar-refractivity contribution in [1.29, 1.82) is 0 Å². The molecule has 5 fully saturated rings. The minimum absolute atomic E-state index is 0.0360. The summed E-state index contributed by atoms with van der Waals surface area (Å²) in [5, 5.41) is 37.2. The van der Waals surface area contributed by atoms with Crippen LogP contribution in [-0.2, 0) is 22.6 Å². The Morgan fingerprint density at radius 3 is 2.28 bits per heavy atom. The molecule has 1 spiro atoms. The summed E-state index contributed by atoms with van der Waals surface area (Å²) in [4.78, 5) is 56.3. The third-order valence-corrected chi connectivity index (χ3v) is 16.4. The molecule has 2 aromatic heterocycles. The number of likely N-dealkylation sites (tertiary alicyclic amines) is 2. The first kappa shape index (κ1) is 46.2. The molecule has 0 unspecified atom stereocenters. The number of aromatic amines is 1. The van der Waals surface area contributed by atoms with Crippen LogP contribution in [0.4, 0.5) is 4.79 Å². The lowest BCUT2D eigenvalue weighted by molar-refractivity contribution is -0.142. The van der Waals surface area contributed by atoms with Gasteiger partial charge in [0.1, 0.15) is 17.8 Å². The second-order valence-corrected chi connectivity index (χ2v) is 21.8. The number of fused-ring (bicyclic) bond motifs is 3. The minimum atomic E-state index is -0.867. The van der Waals surface area contributed by atoms with Crippen LogP contribution < -0.4 is 10.6 Å². The predicted octanol–water partition coefficient (Wildman–Crippen LogP) is 5.03. The Morgan fingerprint density at radius 2 is 1.60 bits per heavy atom. The number of rotatable bonds is 9. The number of aliphatic hydroxyl groups excluding tert-OH is 1. The Kier molecular flexibility index (Phi) is 12.5. The second kappa shape index (κ2) is 18.4. The Balaban J connectivity index is 0.667. The zero-order chi connectivity index (χ0) is 47.5. The molecule has 4 aromatic rings. The summed E-state index contributed by atoms with van der Waals surface area (Å²) in [6.45, 7) is 15.2. The average molecular weight is 925 g/mol. The van der Waals surface area contributed by atoms with Gasteiger partial charge in [-0.1, -0.05) is 51.0 Å². The normalized spacial score (nSPS) is 26.1. The maximum absolute atomic E-state index is 14.2. The number of hydrogen-bond acceptors (Lipinski definition) is 10. The highest BCUT2D eigenvalue weighted by atomic mass is 16.3. The van der Waals surface area contributed by atoms with Crippen LogP contribution >= 0.6 is 0 Å². The molecule has 3 saturated heterocycles. The number of para-hydroxylation sites is 1. The van der Waals surface area contributed by atoms with Gasteiger partial charge in [0, 0.05) is 124 Å². The maximum Gasteiger partial charge on any atom is 0.318 e. The maximum atomic E-state index is 14.2.